The van der Waals surface area contributed by atoms with E-state index in [1.807, 2.05) is 4.90 Å². The van der Waals surface area contributed by atoms with Crippen LogP contribution in [0, 0.1) is 0 Å². The number of primary amides is 1. The van der Waals surface area contributed by atoms with Crippen LogP contribution in [0.15, 0.2) is 0 Å². The van der Waals surface area contributed by atoms with Gasteiger partial charge in [0.15, 0.2) is 0 Å². The highest BCUT2D eigenvalue weighted by Gasteiger charge is 2.52. The number of rotatable bonds is 5. The number of hydrogen-bond donors (Lipinski definition) is 2. The van der Waals surface area contributed by atoms with Gasteiger partial charge in [0, 0.05) is 52.2 Å². The van der Waals surface area contributed by atoms with Gasteiger partial charge in [-0.25, -0.2) is 0 Å². The third-order valence-corrected chi connectivity index (χ3v) is 6.16. The number of carbonyl (C=O) groups is 2. The summed E-state index contributed by atoms with van der Waals surface area (Å²) in [5, 5.41) is 10.6. The number of hydrogen-bond acceptors (Lipinski definition) is 5. The van der Waals surface area contributed by atoms with Gasteiger partial charge in [-0.3, -0.25) is 19.4 Å². The fraction of sp³-hybridized carbons (Fsp3) is 0.882. The van der Waals surface area contributed by atoms with Crippen molar-refractivity contribution in [3.05, 3.63) is 0 Å². The molecule has 3 rings (SSSR count). The molecule has 3 heterocycles. The molecule has 0 radical (unpaired) electrons. The van der Waals surface area contributed by atoms with E-state index in [4.69, 9.17) is 5.73 Å². The molecule has 7 nitrogen and oxygen atoms in total. The molecule has 24 heavy (non-hydrogen) atoms. The largest absolute Gasteiger partial charge is 0.390 e. The normalized spacial score (nSPS) is 32.8. The van der Waals surface area contributed by atoms with Gasteiger partial charge in [0.2, 0.25) is 11.8 Å². The predicted octanol–water partition coefficient (Wildman–Crippen LogP) is -0.616. The van der Waals surface area contributed by atoms with E-state index in [-0.39, 0.29) is 11.8 Å². The predicted molar refractivity (Wildman–Crippen MR) is 90.2 cm³/mol. The number of amides is 2. The summed E-state index contributed by atoms with van der Waals surface area (Å²) >= 11 is 0. The third-order valence-electron chi connectivity index (χ3n) is 6.16. The zero-order valence-electron chi connectivity index (χ0n) is 14.6. The van der Waals surface area contributed by atoms with Crippen molar-refractivity contribution < 1.29 is 14.7 Å². The zero-order chi connectivity index (χ0) is 17.3. The standard InChI is InChI=1S/C17H30N4O3/c1-13(22)20-9-7-19(8-10-20)11-15(23)12-21-14-3-2-5-17(21,6-4-14)16(18)24/h14-15,23H,2-12H2,1H3,(H2,18,24)/t14-,15-,17+/m1/s1. The summed E-state index contributed by atoms with van der Waals surface area (Å²) in [5.41, 5.74) is 5.19. The lowest BCUT2D eigenvalue weighted by Gasteiger charge is -2.44. The molecule has 2 bridgehead atoms. The molecule has 0 spiro atoms. The summed E-state index contributed by atoms with van der Waals surface area (Å²) in [6, 6.07) is 0.385. The number of β-amino-alcohol motifs (C(OH)–C–C–N with tert-alkyl or cyclic N) is 1. The van der Waals surface area contributed by atoms with Crippen molar-refractivity contribution in [3.8, 4) is 0 Å². The number of aliphatic hydroxyl groups excluding tert-OH is 1. The van der Waals surface area contributed by atoms with E-state index in [2.05, 4.69) is 9.80 Å². The number of piperazine rings is 1. The molecule has 3 saturated heterocycles. The number of carbonyl (C=O) groups excluding carboxylic acids is 2. The van der Waals surface area contributed by atoms with E-state index in [1.165, 1.54) is 0 Å². The Bertz CT molecular complexity index is 488. The summed E-state index contributed by atoms with van der Waals surface area (Å²) in [6.45, 7) is 5.73. The van der Waals surface area contributed by atoms with E-state index >= 15 is 0 Å². The van der Waals surface area contributed by atoms with Gasteiger partial charge in [0.1, 0.15) is 5.54 Å². The molecule has 136 valence electrons. The topological polar surface area (TPSA) is 90.1 Å². The van der Waals surface area contributed by atoms with E-state index < -0.39 is 11.6 Å². The van der Waals surface area contributed by atoms with E-state index in [0.717, 1.165) is 58.3 Å². The molecule has 3 fully saturated rings. The summed E-state index contributed by atoms with van der Waals surface area (Å²) in [4.78, 5) is 29.7. The Kier molecular flexibility index (Phi) is 5.13. The van der Waals surface area contributed by atoms with Gasteiger partial charge >= 0.3 is 0 Å². The van der Waals surface area contributed by atoms with Crippen molar-refractivity contribution in [1.29, 1.82) is 0 Å². The second-order valence-electron chi connectivity index (χ2n) is 7.59. The van der Waals surface area contributed by atoms with Crippen LogP contribution in [-0.4, -0.2) is 88.6 Å². The molecule has 2 amide bonds. The van der Waals surface area contributed by atoms with Crippen molar-refractivity contribution in [2.45, 2.75) is 56.7 Å². The molecule has 7 heteroatoms. The lowest BCUT2D eigenvalue weighted by molar-refractivity contribution is -0.132. The van der Waals surface area contributed by atoms with E-state index in [9.17, 15) is 14.7 Å². The Balaban J connectivity index is 1.54. The average Bonchev–Trinajstić information content (AvgIpc) is 2.74. The van der Waals surface area contributed by atoms with Crippen LogP contribution in [-0.2, 0) is 9.59 Å². The van der Waals surface area contributed by atoms with Gasteiger partial charge in [0.25, 0.3) is 0 Å². The van der Waals surface area contributed by atoms with Crippen LogP contribution in [0.5, 0.6) is 0 Å². The first-order valence-corrected chi connectivity index (χ1v) is 9.15. The van der Waals surface area contributed by atoms with Gasteiger partial charge in [-0.1, -0.05) is 0 Å². The van der Waals surface area contributed by atoms with E-state index in [1.54, 1.807) is 6.92 Å². The lowest BCUT2D eigenvalue weighted by Crippen LogP contribution is -2.60. The molecule has 3 aliphatic rings. The molecule has 0 aromatic heterocycles. The SMILES string of the molecule is CC(=O)N1CCN(C[C@@H](O)CN2[C@@H]3CCC[C@@]2(C(N)=O)CC3)CC1. The van der Waals surface area contributed by atoms with Crippen LogP contribution in [0.2, 0.25) is 0 Å². The minimum atomic E-state index is -0.531. The molecule has 0 aromatic rings. The van der Waals surface area contributed by atoms with Gasteiger partial charge < -0.3 is 15.7 Å². The molecule has 0 saturated carbocycles. The highest BCUT2D eigenvalue weighted by molar-refractivity contribution is 5.85. The van der Waals surface area contributed by atoms with Crippen molar-refractivity contribution in [1.82, 2.24) is 14.7 Å². The van der Waals surface area contributed by atoms with Gasteiger partial charge in [-0.15, -0.1) is 0 Å². The molecule has 0 aliphatic carbocycles. The molecular weight excluding hydrogens is 308 g/mol. The minimum Gasteiger partial charge on any atom is -0.390 e. The highest BCUT2D eigenvalue weighted by Crippen LogP contribution is 2.43. The quantitative estimate of drug-likeness (QED) is 0.698. The average molecular weight is 338 g/mol. The number of piperidine rings is 1. The van der Waals surface area contributed by atoms with Crippen LogP contribution in [0.25, 0.3) is 0 Å². The molecule has 3 atom stereocenters. The van der Waals surface area contributed by atoms with Crippen molar-refractivity contribution in [2.24, 2.45) is 5.73 Å². The lowest BCUT2D eigenvalue weighted by atomic mass is 9.87. The molecule has 3 aliphatic heterocycles. The first-order chi connectivity index (χ1) is 11.4. The maximum Gasteiger partial charge on any atom is 0.237 e. The fourth-order valence-corrected chi connectivity index (χ4v) is 4.79. The Labute approximate surface area is 143 Å². The minimum absolute atomic E-state index is 0.114. The van der Waals surface area contributed by atoms with Crippen molar-refractivity contribution in [2.75, 3.05) is 39.3 Å². The smallest absolute Gasteiger partial charge is 0.237 e. The molecular formula is C17H30N4O3. The summed E-state index contributed by atoms with van der Waals surface area (Å²) in [6.07, 6.45) is 4.31. The van der Waals surface area contributed by atoms with Crippen molar-refractivity contribution >= 4 is 11.8 Å². The number of aliphatic hydroxyl groups is 1. The first kappa shape index (κ1) is 17.6. The second kappa shape index (κ2) is 6.98. The molecule has 0 unspecified atom stereocenters. The third kappa shape index (κ3) is 3.30. The summed E-state index contributed by atoms with van der Waals surface area (Å²) in [7, 11) is 0. The van der Waals surface area contributed by atoms with Crippen LogP contribution < -0.4 is 5.73 Å². The fourth-order valence-electron chi connectivity index (χ4n) is 4.79. The Morgan fingerprint density at radius 2 is 1.88 bits per heavy atom. The molecule has 0 aromatic carbocycles. The highest BCUT2D eigenvalue weighted by atomic mass is 16.3. The maximum atomic E-state index is 12.1. The molecule has 3 N–H and O–H groups in total. The number of fused-ring (bicyclic) bond motifs is 2. The van der Waals surface area contributed by atoms with Gasteiger partial charge in [-0.2, -0.15) is 0 Å². The summed E-state index contributed by atoms with van der Waals surface area (Å²) in [5.74, 6) is -0.115. The Morgan fingerprint density at radius 3 is 2.50 bits per heavy atom. The van der Waals surface area contributed by atoms with Crippen LogP contribution >= 0.6 is 0 Å². The van der Waals surface area contributed by atoms with Crippen LogP contribution in [0.3, 0.4) is 0 Å². The first-order valence-electron chi connectivity index (χ1n) is 9.15. The maximum absolute atomic E-state index is 12.1. The van der Waals surface area contributed by atoms with Crippen molar-refractivity contribution in [3.63, 3.8) is 0 Å². The van der Waals surface area contributed by atoms with Gasteiger partial charge in [-0.05, 0) is 32.1 Å². The van der Waals surface area contributed by atoms with Crippen LogP contribution in [0.1, 0.15) is 39.0 Å². The number of nitrogens with two attached hydrogens (primary N) is 1. The Morgan fingerprint density at radius 1 is 1.17 bits per heavy atom. The zero-order valence-corrected chi connectivity index (χ0v) is 14.6. The van der Waals surface area contributed by atoms with Crippen LogP contribution in [0.4, 0.5) is 0 Å². The Hall–Kier alpha value is -1.18. The summed E-state index contributed by atoms with van der Waals surface area (Å²) < 4.78 is 0. The second-order valence-corrected chi connectivity index (χ2v) is 7.59. The monoisotopic (exact) mass is 338 g/mol. The van der Waals surface area contributed by atoms with E-state index in [0.29, 0.717) is 19.1 Å². The van der Waals surface area contributed by atoms with Gasteiger partial charge in [0.05, 0.1) is 6.10 Å². The number of nitrogens with zero attached hydrogens (tertiary/aromatic N) is 3.